The molecule has 0 aromatic heterocycles. The van der Waals surface area contributed by atoms with Gasteiger partial charge in [-0.3, -0.25) is 4.79 Å². The average Bonchev–Trinajstić information content (AvgIpc) is 2.35. The van der Waals surface area contributed by atoms with Crippen LogP contribution in [0.1, 0.15) is 27.0 Å². The van der Waals surface area contributed by atoms with Gasteiger partial charge in [0, 0.05) is 14.7 Å². The van der Waals surface area contributed by atoms with Crippen molar-refractivity contribution in [3.63, 3.8) is 0 Å². The van der Waals surface area contributed by atoms with Crippen LogP contribution in [0.3, 0.4) is 0 Å². The van der Waals surface area contributed by atoms with E-state index in [1.807, 2.05) is 19.1 Å². The molecule has 0 heterocycles. The number of aryl methyl sites for hydroxylation is 2. The van der Waals surface area contributed by atoms with Crippen molar-refractivity contribution in [2.75, 3.05) is 0 Å². The third-order valence-electron chi connectivity index (χ3n) is 2.86. The number of carbonyl (C=O) groups excluding carboxylic acids is 1. The molecule has 92 valence electrons. The Balaban J connectivity index is 2.48. The maximum atomic E-state index is 13.2. The standard InChI is InChI=1S/C15H12FIO/c1-9-4-3-5-12(14(9)17)15(18)11-6-7-13(16)10(2)8-11/h3-8H,1-2H3. The summed E-state index contributed by atoms with van der Waals surface area (Å²) in [6.45, 7) is 3.63. The zero-order chi connectivity index (χ0) is 13.3. The summed E-state index contributed by atoms with van der Waals surface area (Å²) in [4.78, 5) is 12.4. The fraction of sp³-hybridized carbons (Fsp3) is 0.133. The van der Waals surface area contributed by atoms with Gasteiger partial charge in [0.2, 0.25) is 0 Å². The van der Waals surface area contributed by atoms with Gasteiger partial charge in [-0.25, -0.2) is 4.39 Å². The summed E-state index contributed by atoms with van der Waals surface area (Å²) in [7, 11) is 0. The lowest BCUT2D eigenvalue weighted by atomic mass is 10.0. The molecule has 0 N–H and O–H groups in total. The van der Waals surface area contributed by atoms with E-state index in [0.717, 1.165) is 9.13 Å². The molecule has 0 unspecified atom stereocenters. The molecular formula is C15H12FIO. The summed E-state index contributed by atoms with van der Waals surface area (Å²) >= 11 is 2.17. The molecule has 0 aliphatic heterocycles. The van der Waals surface area contributed by atoms with E-state index in [4.69, 9.17) is 0 Å². The minimum Gasteiger partial charge on any atom is -0.289 e. The van der Waals surface area contributed by atoms with Crippen LogP contribution in [0, 0.1) is 23.2 Å². The normalized spacial score (nSPS) is 10.4. The Morgan fingerprint density at radius 1 is 1.11 bits per heavy atom. The van der Waals surface area contributed by atoms with Crippen LogP contribution in [-0.2, 0) is 0 Å². The fourth-order valence-corrected chi connectivity index (χ4v) is 2.37. The molecule has 18 heavy (non-hydrogen) atoms. The van der Waals surface area contributed by atoms with Crippen LogP contribution in [0.4, 0.5) is 4.39 Å². The van der Waals surface area contributed by atoms with Gasteiger partial charge in [-0.15, -0.1) is 0 Å². The molecule has 0 atom stereocenters. The Bertz CT molecular complexity index is 620. The van der Waals surface area contributed by atoms with Crippen molar-refractivity contribution in [2.45, 2.75) is 13.8 Å². The minimum absolute atomic E-state index is 0.0637. The van der Waals surface area contributed by atoms with Gasteiger partial charge in [0.05, 0.1) is 0 Å². The van der Waals surface area contributed by atoms with E-state index in [1.165, 1.54) is 12.1 Å². The molecule has 2 rings (SSSR count). The monoisotopic (exact) mass is 354 g/mol. The van der Waals surface area contributed by atoms with Gasteiger partial charge in [-0.05, 0) is 71.8 Å². The Labute approximate surface area is 119 Å². The van der Waals surface area contributed by atoms with Gasteiger partial charge in [0.15, 0.2) is 5.78 Å². The molecule has 0 saturated carbocycles. The molecule has 2 aromatic carbocycles. The van der Waals surface area contributed by atoms with E-state index in [0.29, 0.717) is 16.7 Å². The highest BCUT2D eigenvalue weighted by atomic mass is 127. The maximum absolute atomic E-state index is 13.2. The predicted octanol–water partition coefficient (Wildman–Crippen LogP) is 4.28. The molecule has 0 fully saturated rings. The van der Waals surface area contributed by atoms with Crippen LogP contribution >= 0.6 is 22.6 Å². The first-order chi connectivity index (χ1) is 8.50. The lowest BCUT2D eigenvalue weighted by Gasteiger charge is -2.07. The summed E-state index contributed by atoms with van der Waals surface area (Å²) in [5, 5.41) is 0. The smallest absolute Gasteiger partial charge is 0.194 e. The minimum atomic E-state index is -0.287. The van der Waals surface area contributed by atoms with E-state index < -0.39 is 0 Å². The third-order valence-corrected chi connectivity index (χ3v) is 4.29. The van der Waals surface area contributed by atoms with Crippen molar-refractivity contribution < 1.29 is 9.18 Å². The number of carbonyl (C=O) groups is 1. The van der Waals surface area contributed by atoms with Crippen LogP contribution in [0.15, 0.2) is 36.4 Å². The molecule has 2 aromatic rings. The first-order valence-electron chi connectivity index (χ1n) is 5.56. The zero-order valence-electron chi connectivity index (χ0n) is 10.1. The highest BCUT2D eigenvalue weighted by molar-refractivity contribution is 14.1. The van der Waals surface area contributed by atoms with Crippen molar-refractivity contribution in [1.82, 2.24) is 0 Å². The number of hydrogen-bond acceptors (Lipinski definition) is 1. The molecule has 1 nitrogen and oxygen atoms in total. The summed E-state index contributed by atoms with van der Waals surface area (Å²) in [5.41, 5.74) is 2.75. The van der Waals surface area contributed by atoms with Crippen LogP contribution in [0.5, 0.6) is 0 Å². The maximum Gasteiger partial charge on any atom is 0.194 e. The highest BCUT2D eigenvalue weighted by Crippen LogP contribution is 2.21. The van der Waals surface area contributed by atoms with Gasteiger partial charge in [0.25, 0.3) is 0 Å². The number of benzene rings is 2. The topological polar surface area (TPSA) is 17.1 Å². The van der Waals surface area contributed by atoms with E-state index in [1.54, 1.807) is 19.1 Å². The van der Waals surface area contributed by atoms with Crippen molar-refractivity contribution in [1.29, 1.82) is 0 Å². The molecule has 0 aliphatic carbocycles. The number of halogens is 2. The van der Waals surface area contributed by atoms with Crippen LogP contribution in [0.2, 0.25) is 0 Å². The summed E-state index contributed by atoms with van der Waals surface area (Å²) in [5.74, 6) is -0.350. The number of hydrogen-bond donors (Lipinski definition) is 0. The first kappa shape index (κ1) is 13.2. The SMILES string of the molecule is Cc1cc(C(=O)c2cccc(C)c2I)ccc1F. The quantitative estimate of drug-likeness (QED) is 0.581. The molecule has 3 heteroatoms. The number of ketones is 1. The Morgan fingerprint density at radius 3 is 2.50 bits per heavy atom. The van der Waals surface area contributed by atoms with Crippen LogP contribution < -0.4 is 0 Å². The number of rotatable bonds is 2. The molecule has 0 amide bonds. The molecular weight excluding hydrogens is 342 g/mol. The van der Waals surface area contributed by atoms with E-state index in [-0.39, 0.29) is 11.6 Å². The lowest BCUT2D eigenvalue weighted by Crippen LogP contribution is -2.05. The van der Waals surface area contributed by atoms with Crippen molar-refractivity contribution >= 4 is 28.4 Å². The van der Waals surface area contributed by atoms with Gasteiger partial charge in [-0.1, -0.05) is 12.1 Å². The second kappa shape index (κ2) is 5.18. The van der Waals surface area contributed by atoms with E-state index in [9.17, 15) is 9.18 Å². The fourth-order valence-electron chi connectivity index (χ4n) is 1.76. The summed E-state index contributed by atoms with van der Waals surface area (Å²) in [6.07, 6.45) is 0. The van der Waals surface area contributed by atoms with Crippen molar-refractivity contribution in [3.05, 3.63) is 68.0 Å². The molecule has 0 spiro atoms. The van der Waals surface area contributed by atoms with Crippen LogP contribution in [-0.4, -0.2) is 5.78 Å². The van der Waals surface area contributed by atoms with Crippen molar-refractivity contribution in [3.8, 4) is 0 Å². The second-order valence-corrected chi connectivity index (χ2v) is 5.31. The van der Waals surface area contributed by atoms with E-state index in [2.05, 4.69) is 22.6 Å². The first-order valence-corrected chi connectivity index (χ1v) is 6.64. The van der Waals surface area contributed by atoms with Crippen molar-refractivity contribution in [2.24, 2.45) is 0 Å². The summed E-state index contributed by atoms with van der Waals surface area (Å²) in [6, 6.07) is 10.1. The Hall–Kier alpha value is -1.23. The third kappa shape index (κ3) is 2.46. The highest BCUT2D eigenvalue weighted by Gasteiger charge is 2.14. The van der Waals surface area contributed by atoms with Gasteiger partial charge in [0.1, 0.15) is 5.82 Å². The predicted molar refractivity (Wildman–Crippen MR) is 78.5 cm³/mol. The second-order valence-electron chi connectivity index (χ2n) is 4.23. The summed E-state index contributed by atoms with van der Waals surface area (Å²) < 4.78 is 14.1. The molecule has 0 aliphatic rings. The van der Waals surface area contributed by atoms with Gasteiger partial charge in [-0.2, -0.15) is 0 Å². The van der Waals surface area contributed by atoms with E-state index >= 15 is 0 Å². The van der Waals surface area contributed by atoms with Crippen LogP contribution in [0.25, 0.3) is 0 Å². The molecule has 0 radical (unpaired) electrons. The largest absolute Gasteiger partial charge is 0.289 e. The average molecular weight is 354 g/mol. The molecule has 0 saturated heterocycles. The molecule has 0 bridgehead atoms. The lowest BCUT2D eigenvalue weighted by molar-refractivity contribution is 0.103. The van der Waals surface area contributed by atoms with Gasteiger partial charge >= 0.3 is 0 Å². The Morgan fingerprint density at radius 2 is 1.83 bits per heavy atom. The zero-order valence-corrected chi connectivity index (χ0v) is 12.3. The Kier molecular flexibility index (Phi) is 3.80. The van der Waals surface area contributed by atoms with Gasteiger partial charge < -0.3 is 0 Å².